The number of methoxy groups -OCH3 is 1. The summed E-state index contributed by atoms with van der Waals surface area (Å²) in [6.45, 7) is 18.7. The first-order chi connectivity index (χ1) is 27.4. The summed E-state index contributed by atoms with van der Waals surface area (Å²) in [7, 11) is -4.11. The van der Waals surface area contributed by atoms with E-state index in [0.717, 1.165) is 16.5 Å². The lowest BCUT2D eigenvalue weighted by Crippen LogP contribution is -2.42. The summed E-state index contributed by atoms with van der Waals surface area (Å²) in [5.74, 6) is -1.56. The van der Waals surface area contributed by atoms with Gasteiger partial charge in [0.2, 0.25) is 0 Å². The molecule has 0 aliphatic rings. The van der Waals surface area contributed by atoms with Gasteiger partial charge in [0.05, 0.1) is 40.2 Å². The molecule has 9 nitrogen and oxygen atoms in total. The van der Waals surface area contributed by atoms with Crippen LogP contribution in [0, 0.1) is 23.0 Å². The molecule has 0 radical (unpaired) electrons. The van der Waals surface area contributed by atoms with Gasteiger partial charge < -0.3 is 18.9 Å². The molecule has 0 aliphatic carbocycles. The number of halogens is 3. The molecule has 2 heterocycles. The van der Waals surface area contributed by atoms with Crippen LogP contribution in [0.5, 0.6) is 11.5 Å². The highest BCUT2D eigenvalue weighted by atomic mass is 79.9. The number of hydrogen-bond donors (Lipinski definition) is 1. The van der Waals surface area contributed by atoms with Gasteiger partial charge in [-0.15, -0.1) is 0 Å². The molecule has 0 saturated carbocycles. The third kappa shape index (κ3) is 11.1. The SMILES string of the molecule is COC(=O)[C@H](C)Cc1cccc(C(C)(CCCC(C)(C)CS(=O)(=O)CCO[Si](C)(C)C(C)(C)C)n2ccc(-c3cc(Oc4c(F)cc5[nH]ccc5c4Br)ccc3F)n2)c1. The average Bonchev–Trinajstić information content (AvgIpc) is 3.83. The van der Waals surface area contributed by atoms with Crippen molar-refractivity contribution in [1.82, 2.24) is 14.8 Å². The van der Waals surface area contributed by atoms with Gasteiger partial charge in [-0.1, -0.05) is 72.2 Å². The van der Waals surface area contributed by atoms with Crippen LogP contribution in [0.15, 0.2) is 77.5 Å². The quantitative estimate of drug-likeness (QED) is 0.0688. The van der Waals surface area contributed by atoms with Crippen LogP contribution in [-0.2, 0) is 35.8 Å². The van der Waals surface area contributed by atoms with Crippen LogP contribution in [0.25, 0.3) is 22.2 Å². The fourth-order valence-corrected chi connectivity index (χ4v) is 10.8. The fourth-order valence-electron chi connectivity index (χ4n) is 7.18. The molecule has 5 aromatic rings. The van der Waals surface area contributed by atoms with E-state index in [9.17, 15) is 13.2 Å². The summed E-state index contributed by atoms with van der Waals surface area (Å²) < 4.78 is 76.9. The van der Waals surface area contributed by atoms with Crippen LogP contribution in [-0.4, -0.2) is 62.7 Å². The van der Waals surface area contributed by atoms with Crippen LogP contribution in [0.4, 0.5) is 8.78 Å². The number of H-pyrrole nitrogens is 1. The predicted molar refractivity (Wildman–Crippen MR) is 237 cm³/mol. The maximum absolute atomic E-state index is 15.6. The third-order valence-corrected chi connectivity index (χ3v) is 19.1. The average molecular weight is 915 g/mol. The Morgan fingerprint density at radius 3 is 2.41 bits per heavy atom. The van der Waals surface area contributed by atoms with Gasteiger partial charge in [0, 0.05) is 41.5 Å². The molecular weight excluding hydrogens is 857 g/mol. The van der Waals surface area contributed by atoms with Crippen molar-refractivity contribution in [2.24, 2.45) is 11.3 Å². The first-order valence-electron chi connectivity index (χ1n) is 20.0. The summed E-state index contributed by atoms with van der Waals surface area (Å²) in [6.07, 6.45) is 5.82. The molecule has 0 spiro atoms. The van der Waals surface area contributed by atoms with E-state index in [2.05, 4.69) is 67.8 Å². The summed E-state index contributed by atoms with van der Waals surface area (Å²) >= 11 is 3.46. The minimum atomic E-state index is -3.40. The molecule has 3 aromatic carbocycles. The van der Waals surface area contributed by atoms with E-state index in [1.807, 2.05) is 43.7 Å². The monoisotopic (exact) mass is 913 g/mol. The molecule has 2 atom stereocenters. The van der Waals surface area contributed by atoms with E-state index in [0.29, 0.717) is 41.4 Å². The number of esters is 1. The lowest BCUT2D eigenvalue weighted by atomic mass is 9.82. The summed E-state index contributed by atoms with van der Waals surface area (Å²) in [5, 5.41) is 5.66. The van der Waals surface area contributed by atoms with Gasteiger partial charge in [0.1, 0.15) is 11.6 Å². The number of rotatable bonds is 18. The van der Waals surface area contributed by atoms with Gasteiger partial charge in [0.15, 0.2) is 29.7 Å². The van der Waals surface area contributed by atoms with Crippen molar-refractivity contribution in [3.8, 4) is 22.8 Å². The second-order valence-electron chi connectivity index (χ2n) is 18.2. The van der Waals surface area contributed by atoms with Crippen LogP contribution in [0.2, 0.25) is 18.1 Å². The van der Waals surface area contributed by atoms with Gasteiger partial charge in [-0.05, 0) is 107 Å². The van der Waals surface area contributed by atoms with Crippen LogP contribution < -0.4 is 4.74 Å². The molecular formula is C45H58BrF2N3O6SSi. The van der Waals surface area contributed by atoms with Gasteiger partial charge in [-0.3, -0.25) is 9.48 Å². The van der Waals surface area contributed by atoms with Crippen LogP contribution >= 0.6 is 15.9 Å². The van der Waals surface area contributed by atoms with E-state index in [4.69, 9.17) is 19.0 Å². The van der Waals surface area contributed by atoms with Crippen molar-refractivity contribution in [1.29, 1.82) is 0 Å². The van der Waals surface area contributed by atoms with Crippen molar-refractivity contribution in [3.05, 3.63) is 100 Å². The second-order valence-corrected chi connectivity index (χ2v) is 25.9. The van der Waals surface area contributed by atoms with Crippen LogP contribution in [0.1, 0.15) is 78.9 Å². The summed E-state index contributed by atoms with van der Waals surface area (Å²) in [5.41, 5.74) is 1.71. The maximum atomic E-state index is 15.6. The van der Waals surface area contributed by atoms with E-state index in [1.54, 1.807) is 24.5 Å². The smallest absolute Gasteiger partial charge is 0.308 e. The lowest BCUT2D eigenvalue weighted by molar-refractivity contribution is -0.144. The first-order valence-corrected chi connectivity index (χ1v) is 25.5. The fraction of sp³-hybridized carbons (Fsp3) is 0.467. The number of aromatic amines is 1. The lowest BCUT2D eigenvalue weighted by Gasteiger charge is -2.36. The van der Waals surface area contributed by atoms with E-state index in [-0.39, 0.29) is 52.1 Å². The molecule has 1 N–H and O–H groups in total. The Morgan fingerprint density at radius 2 is 1.71 bits per heavy atom. The highest BCUT2D eigenvalue weighted by molar-refractivity contribution is 9.10. The Kier molecular flexibility index (Phi) is 14.1. The molecule has 0 aliphatic heterocycles. The summed E-state index contributed by atoms with van der Waals surface area (Å²) in [4.78, 5) is 15.3. The van der Waals surface area contributed by atoms with Crippen molar-refractivity contribution >= 4 is 51.0 Å². The van der Waals surface area contributed by atoms with E-state index >= 15 is 8.78 Å². The Morgan fingerprint density at radius 1 is 0.983 bits per heavy atom. The standard InChI is InChI=1S/C45H58BrF2N3O6SSi/c1-30(42(52)55-8)25-31-13-11-14-32(26-31)45(7,20-12-19-44(5,6)29-58(53,54)24-23-56-59(9,10)43(2,3)4)51-22-18-38(50-51)35-27-33(15-16-36(35)47)57-41-37(48)28-39-34(40(41)46)17-21-49-39/h11,13-18,21-22,26-28,30,49H,12,19-20,23-25,29H2,1-10H3/t30-,45?/m1/s1. The topological polar surface area (TPSA) is 113 Å². The number of aromatic nitrogens is 3. The molecule has 2 aromatic heterocycles. The van der Waals surface area contributed by atoms with Crippen molar-refractivity contribution in [2.45, 2.75) is 97.8 Å². The number of sulfone groups is 1. The molecule has 14 heteroatoms. The number of nitrogens with zero attached hydrogens (tertiary/aromatic N) is 2. The Bertz CT molecular complexity index is 2390. The van der Waals surface area contributed by atoms with Gasteiger partial charge in [-0.2, -0.15) is 5.10 Å². The number of fused-ring (bicyclic) bond motifs is 1. The number of benzene rings is 3. The Balaban J connectivity index is 1.41. The van der Waals surface area contributed by atoms with Gasteiger partial charge in [-0.25, -0.2) is 17.2 Å². The normalized spacial score (nSPS) is 14.3. The molecule has 0 fully saturated rings. The zero-order valence-electron chi connectivity index (χ0n) is 35.8. The molecule has 1 unspecified atom stereocenters. The Labute approximate surface area is 357 Å². The van der Waals surface area contributed by atoms with Crippen molar-refractivity contribution < 1.29 is 35.9 Å². The molecule has 320 valence electrons. The molecule has 0 bridgehead atoms. The zero-order chi connectivity index (χ0) is 43.6. The molecule has 0 amide bonds. The van der Waals surface area contributed by atoms with Gasteiger partial charge in [0.25, 0.3) is 0 Å². The Hall–Kier alpha value is -3.85. The largest absolute Gasteiger partial charge is 0.469 e. The number of carbonyl (C=O) groups excluding carboxylic acids is 1. The number of ether oxygens (including phenoxy) is 2. The van der Waals surface area contributed by atoms with Crippen molar-refractivity contribution in [3.63, 3.8) is 0 Å². The first kappa shape index (κ1) is 46.2. The molecule has 59 heavy (non-hydrogen) atoms. The minimum absolute atomic E-state index is 0.0130. The van der Waals surface area contributed by atoms with Gasteiger partial charge >= 0.3 is 5.97 Å². The highest BCUT2D eigenvalue weighted by Crippen LogP contribution is 2.41. The minimum Gasteiger partial charge on any atom is -0.469 e. The van der Waals surface area contributed by atoms with E-state index < -0.39 is 40.7 Å². The summed E-state index contributed by atoms with van der Waals surface area (Å²) in [6, 6.07) is 17.1. The molecule has 0 saturated heterocycles. The van der Waals surface area contributed by atoms with Crippen molar-refractivity contribution in [2.75, 3.05) is 25.2 Å². The predicted octanol–water partition coefficient (Wildman–Crippen LogP) is 11.6. The molecule has 5 rings (SSSR count). The number of hydrogen-bond acceptors (Lipinski definition) is 7. The van der Waals surface area contributed by atoms with Crippen LogP contribution in [0.3, 0.4) is 0 Å². The van der Waals surface area contributed by atoms with E-state index in [1.165, 1.54) is 31.4 Å². The zero-order valence-corrected chi connectivity index (χ0v) is 39.2. The highest BCUT2D eigenvalue weighted by Gasteiger charge is 2.38. The number of carbonyl (C=O) groups is 1. The number of nitrogens with one attached hydrogen (secondary N) is 1. The second kappa shape index (κ2) is 18.0. The third-order valence-electron chi connectivity index (χ3n) is 11.7. The maximum Gasteiger partial charge on any atom is 0.308 e.